The zero-order valence-corrected chi connectivity index (χ0v) is 15.9. The lowest BCUT2D eigenvalue weighted by atomic mass is 10.2. The number of carbonyl (C=O) groups is 2. The zero-order chi connectivity index (χ0) is 18.8. The molecular formula is C19H24N2O4S. The molecule has 1 aromatic carbocycles. The molecule has 0 unspecified atom stereocenters. The van der Waals surface area contributed by atoms with E-state index in [1.807, 2.05) is 31.2 Å². The molecule has 0 saturated carbocycles. The predicted octanol–water partition coefficient (Wildman–Crippen LogP) is 3.67. The van der Waals surface area contributed by atoms with Crippen LogP contribution in [0.3, 0.4) is 0 Å². The first-order chi connectivity index (χ1) is 12.6. The number of nitrogens with zero attached hydrogens (tertiary/aromatic N) is 1. The van der Waals surface area contributed by atoms with Gasteiger partial charge in [0.1, 0.15) is 16.5 Å². The van der Waals surface area contributed by atoms with E-state index in [0.29, 0.717) is 25.3 Å². The van der Waals surface area contributed by atoms with Crippen LogP contribution >= 0.6 is 11.3 Å². The van der Waals surface area contributed by atoms with Crippen molar-refractivity contribution >= 4 is 23.2 Å². The molecule has 1 N–H and O–H groups in total. The van der Waals surface area contributed by atoms with Gasteiger partial charge in [0, 0.05) is 23.9 Å². The summed E-state index contributed by atoms with van der Waals surface area (Å²) in [6, 6.07) is 7.67. The Kier molecular flexibility index (Phi) is 8.08. The lowest BCUT2D eigenvalue weighted by molar-refractivity contribution is -0.140. The lowest BCUT2D eigenvalue weighted by Gasteiger charge is -2.04. The smallest absolute Gasteiger partial charge is 0.305 e. The molecular weight excluding hydrogens is 352 g/mol. The molecule has 0 aliphatic rings. The van der Waals surface area contributed by atoms with Crippen LogP contribution in [0.2, 0.25) is 0 Å². The Morgan fingerprint density at radius 2 is 1.92 bits per heavy atom. The molecule has 0 saturated heterocycles. The van der Waals surface area contributed by atoms with Crippen molar-refractivity contribution in [1.29, 1.82) is 0 Å². The van der Waals surface area contributed by atoms with Crippen LogP contribution < -0.4 is 10.1 Å². The van der Waals surface area contributed by atoms with E-state index in [1.54, 1.807) is 5.38 Å². The van der Waals surface area contributed by atoms with E-state index in [4.69, 9.17) is 4.74 Å². The maximum absolute atomic E-state index is 12.2. The van der Waals surface area contributed by atoms with Crippen molar-refractivity contribution in [2.75, 3.05) is 20.3 Å². The Labute approximate surface area is 157 Å². The highest BCUT2D eigenvalue weighted by Gasteiger charge is 2.11. The van der Waals surface area contributed by atoms with Crippen LogP contribution in [0.25, 0.3) is 10.6 Å². The molecule has 0 radical (unpaired) electrons. The van der Waals surface area contributed by atoms with Gasteiger partial charge in [0.15, 0.2) is 0 Å². The third-order valence-corrected chi connectivity index (χ3v) is 4.61. The van der Waals surface area contributed by atoms with Gasteiger partial charge < -0.3 is 14.8 Å². The van der Waals surface area contributed by atoms with Crippen molar-refractivity contribution in [3.8, 4) is 16.3 Å². The highest BCUT2D eigenvalue weighted by Crippen LogP contribution is 2.25. The Bertz CT molecular complexity index is 713. The number of methoxy groups -OCH3 is 1. The number of thiazole rings is 1. The topological polar surface area (TPSA) is 77.5 Å². The summed E-state index contributed by atoms with van der Waals surface area (Å²) < 4.78 is 10.0. The third kappa shape index (κ3) is 6.15. The molecule has 6 nitrogen and oxygen atoms in total. The molecule has 0 aliphatic heterocycles. The van der Waals surface area contributed by atoms with Gasteiger partial charge in [-0.2, -0.15) is 0 Å². The predicted molar refractivity (Wildman–Crippen MR) is 102 cm³/mol. The molecule has 1 heterocycles. The van der Waals surface area contributed by atoms with Crippen LogP contribution in [0.5, 0.6) is 5.75 Å². The number of benzene rings is 1. The Hall–Kier alpha value is -2.41. The second-order valence-corrected chi connectivity index (χ2v) is 6.50. The van der Waals surface area contributed by atoms with Crippen molar-refractivity contribution in [2.45, 2.75) is 32.6 Å². The number of amides is 1. The molecule has 2 rings (SSSR count). The number of aromatic nitrogens is 1. The van der Waals surface area contributed by atoms with Crippen LogP contribution in [-0.4, -0.2) is 37.1 Å². The molecule has 0 spiro atoms. The molecule has 2 aromatic rings. The van der Waals surface area contributed by atoms with Crippen LogP contribution in [0.4, 0.5) is 0 Å². The van der Waals surface area contributed by atoms with E-state index in [9.17, 15) is 9.59 Å². The molecule has 1 amide bonds. The summed E-state index contributed by atoms with van der Waals surface area (Å²) >= 11 is 1.44. The van der Waals surface area contributed by atoms with Crippen LogP contribution in [0.1, 0.15) is 43.1 Å². The quantitative estimate of drug-likeness (QED) is 0.506. The van der Waals surface area contributed by atoms with Crippen LogP contribution in [-0.2, 0) is 9.53 Å². The maximum Gasteiger partial charge on any atom is 0.305 e. The molecule has 7 heteroatoms. The van der Waals surface area contributed by atoms with E-state index in [1.165, 1.54) is 18.4 Å². The minimum Gasteiger partial charge on any atom is -0.494 e. The summed E-state index contributed by atoms with van der Waals surface area (Å²) in [7, 11) is 1.39. The minimum absolute atomic E-state index is 0.175. The van der Waals surface area contributed by atoms with Gasteiger partial charge in [-0.3, -0.25) is 9.59 Å². The molecule has 0 aliphatic carbocycles. The zero-order valence-electron chi connectivity index (χ0n) is 15.1. The highest BCUT2D eigenvalue weighted by molar-refractivity contribution is 7.13. The van der Waals surface area contributed by atoms with E-state index in [0.717, 1.165) is 35.6 Å². The van der Waals surface area contributed by atoms with Gasteiger partial charge in [-0.1, -0.05) is 6.42 Å². The number of esters is 1. The molecule has 1 aromatic heterocycles. The van der Waals surface area contributed by atoms with Crippen molar-refractivity contribution in [1.82, 2.24) is 10.3 Å². The summed E-state index contributed by atoms with van der Waals surface area (Å²) in [6.45, 7) is 3.14. The number of hydrogen-bond acceptors (Lipinski definition) is 6. The lowest BCUT2D eigenvalue weighted by Crippen LogP contribution is -2.24. The Morgan fingerprint density at radius 3 is 2.62 bits per heavy atom. The average molecular weight is 376 g/mol. The molecule has 140 valence electrons. The van der Waals surface area contributed by atoms with E-state index in [2.05, 4.69) is 15.0 Å². The van der Waals surface area contributed by atoms with Crippen molar-refractivity contribution < 1.29 is 19.1 Å². The fraction of sp³-hybridized carbons (Fsp3) is 0.421. The van der Waals surface area contributed by atoms with E-state index >= 15 is 0 Å². The second kappa shape index (κ2) is 10.6. The standard InChI is InChI=1S/C19H24N2O4S/c1-3-25-15-10-8-14(9-11-15)19-21-16(13-26-19)18(23)20-12-6-4-5-7-17(22)24-2/h8-11,13H,3-7,12H2,1-2H3,(H,20,23). The first-order valence-electron chi connectivity index (χ1n) is 8.67. The summed E-state index contributed by atoms with van der Waals surface area (Å²) in [5.74, 6) is 0.447. The first-order valence-corrected chi connectivity index (χ1v) is 9.55. The maximum atomic E-state index is 12.2. The van der Waals surface area contributed by atoms with Crippen LogP contribution in [0.15, 0.2) is 29.6 Å². The van der Waals surface area contributed by atoms with Crippen LogP contribution in [0, 0.1) is 0 Å². The summed E-state index contributed by atoms with van der Waals surface area (Å²) in [5, 5.41) is 5.43. The molecule has 26 heavy (non-hydrogen) atoms. The average Bonchev–Trinajstić information content (AvgIpc) is 3.15. The minimum atomic E-state index is -0.196. The molecule has 0 atom stereocenters. The number of unbranched alkanes of at least 4 members (excludes halogenated alkanes) is 2. The van der Waals surface area contributed by atoms with Gasteiger partial charge in [-0.15, -0.1) is 11.3 Å². The summed E-state index contributed by atoms with van der Waals surface area (Å²) in [6.07, 6.45) is 2.87. The molecule has 0 bridgehead atoms. The monoisotopic (exact) mass is 376 g/mol. The van der Waals surface area contributed by atoms with E-state index in [-0.39, 0.29) is 11.9 Å². The highest BCUT2D eigenvalue weighted by atomic mass is 32.1. The van der Waals surface area contributed by atoms with Crippen molar-refractivity contribution in [3.63, 3.8) is 0 Å². The number of nitrogens with one attached hydrogen (secondary N) is 1. The number of ether oxygens (including phenoxy) is 2. The fourth-order valence-corrected chi connectivity index (χ4v) is 3.14. The van der Waals surface area contributed by atoms with E-state index < -0.39 is 0 Å². The third-order valence-electron chi connectivity index (χ3n) is 3.72. The Balaban J connectivity index is 1.77. The van der Waals surface area contributed by atoms with Gasteiger partial charge in [-0.05, 0) is 44.0 Å². The fourth-order valence-electron chi connectivity index (χ4n) is 2.34. The number of rotatable bonds is 10. The largest absolute Gasteiger partial charge is 0.494 e. The van der Waals surface area contributed by atoms with Gasteiger partial charge in [-0.25, -0.2) is 4.98 Å². The first kappa shape index (κ1) is 19.9. The van der Waals surface area contributed by atoms with Crippen molar-refractivity contribution in [2.24, 2.45) is 0 Å². The molecule has 0 fully saturated rings. The van der Waals surface area contributed by atoms with Gasteiger partial charge in [0.25, 0.3) is 5.91 Å². The SMILES string of the molecule is CCOc1ccc(-c2nc(C(=O)NCCCCCC(=O)OC)cs2)cc1. The number of hydrogen-bond donors (Lipinski definition) is 1. The second-order valence-electron chi connectivity index (χ2n) is 5.64. The number of carbonyl (C=O) groups excluding carboxylic acids is 2. The van der Waals surface area contributed by atoms with Gasteiger partial charge in [0.05, 0.1) is 13.7 Å². The summed E-state index contributed by atoms with van der Waals surface area (Å²) in [4.78, 5) is 27.6. The normalized spacial score (nSPS) is 10.4. The Morgan fingerprint density at radius 1 is 1.15 bits per heavy atom. The summed E-state index contributed by atoms with van der Waals surface area (Å²) in [5.41, 5.74) is 1.38. The van der Waals surface area contributed by atoms with Crippen molar-refractivity contribution in [3.05, 3.63) is 35.3 Å². The van der Waals surface area contributed by atoms with Gasteiger partial charge in [0.2, 0.25) is 0 Å². The van der Waals surface area contributed by atoms with Gasteiger partial charge >= 0.3 is 5.97 Å².